The molecule has 0 aliphatic carbocycles. The van der Waals surface area contributed by atoms with Gasteiger partial charge in [0.2, 0.25) is 5.88 Å². The first-order chi connectivity index (χ1) is 16.0. The fourth-order valence-corrected chi connectivity index (χ4v) is 3.88. The molecule has 0 radical (unpaired) electrons. The van der Waals surface area contributed by atoms with Crippen LogP contribution in [-0.2, 0) is 0 Å². The molecule has 4 rings (SSSR count). The van der Waals surface area contributed by atoms with Crippen molar-refractivity contribution in [2.45, 2.75) is 25.8 Å². The molecule has 2 aromatic heterocycles. The summed E-state index contributed by atoms with van der Waals surface area (Å²) in [7, 11) is 3.07. The third-order valence-corrected chi connectivity index (χ3v) is 5.60. The van der Waals surface area contributed by atoms with E-state index in [-0.39, 0.29) is 17.9 Å². The van der Waals surface area contributed by atoms with Crippen molar-refractivity contribution in [3.05, 3.63) is 71.4 Å². The summed E-state index contributed by atoms with van der Waals surface area (Å²) < 4.78 is 10.4. The Morgan fingerprint density at radius 3 is 2.58 bits per heavy atom. The SMILES string of the molecule is COc1ccc(C(=O)N2CCCC2c2ncc(C(=O)Nc3ccccc3OC)c(C)n2)cn1. The fourth-order valence-electron chi connectivity index (χ4n) is 3.88. The number of aromatic nitrogens is 3. The summed E-state index contributed by atoms with van der Waals surface area (Å²) in [4.78, 5) is 40.8. The maximum atomic E-state index is 13.1. The van der Waals surface area contributed by atoms with Crippen LogP contribution in [0.5, 0.6) is 11.6 Å². The van der Waals surface area contributed by atoms with E-state index in [0.717, 1.165) is 12.8 Å². The van der Waals surface area contributed by atoms with Gasteiger partial charge in [-0.15, -0.1) is 0 Å². The molecule has 170 valence electrons. The van der Waals surface area contributed by atoms with E-state index in [9.17, 15) is 9.59 Å². The van der Waals surface area contributed by atoms with Crippen LogP contribution < -0.4 is 14.8 Å². The van der Waals surface area contributed by atoms with Gasteiger partial charge >= 0.3 is 0 Å². The van der Waals surface area contributed by atoms with E-state index < -0.39 is 0 Å². The molecule has 1 aliphatic heterocycles. The lowest BCUT2D eigenvalue weighted by atomic mass is 10.1. The van der Waals surface area contributed by atoms with Crippen LogP contribution in [0.2, 0.25) is 0 Å². The first-order valence-corrected chi connectivity index (χ1v) is 10.6. The number of pyridine rings is 1. The van der Waals surface area contributed by atoms with Crippen LogP contribution in [0.25, 0.3) is 0 Å². The molecule has 3 heterocycles. The van der Waals surface area contributed by atoms with E-state index in [0.29, 0.717) is 46.5 Å². The van der Waals surface area contributed by atoms with Gasteiger partial charge in [-0.1, -0.05) is 12.1 Å². The fraction of sp³-hybridized carbons (Fsp3) is 0.292. The molecular weight excluding hydrogens is 422 g/mol. The van der Waals surface area contributed by atoms with Crippen molar-refractivity contribution in [1.29, 1.82) is 0 Å². The molecule has 2 amide bonds. The van der Waals surface area contributed by atoms with Gasteiger partial charge in [0, 0.05) is 25.0 Å². The number of anilines is 1. The predicted octanol–water partition coefficient (Wildman–Crippen LogP) is 3.43. The monoisotopic (exact) mass is 447 g/mol. The van der Waals surface area contributed by atoms with Gasteiger partial charge in [-0.2, -0.15) is 0 Å². The summed E-state index contributed by atoms with van der Waals surface area (Å²) >= 11 is 0. The molecule has 1 atom stereocenters. The number of benzene rings is 1. The molecule has 1 aromatic carbocycles. The van der Waals surface area contributed by atoms with Crippen LogP contribution >= 0.6 is 0 Å². The summed E-state index contributed by atoms with van der Waals surface area (Å²) in [5, 5.41) is 2.84. The molecule has 0 bridgehead atoms. The third-order valence-electron chi connectivity index (χ3n) is 5.60. The summed E-state index contributed by atoms with van der Waals surface area (Å²) in [5.74, 6) is 1.08. The first kappa shape index (κ1) is 22.2. The molecule has 9 nitrogen and oxygen atoms in total. The van der Waals surface area contributed by atoms with Crippen molar-refractivity contribution in [1.82, 2.24) is 19.9 Å². The lowest BCUT2D eigenvalue weighted by molar-refractivity contribution is 0.0728. The summed E-state index contributed by atoms with van der Waals surface area (Å²) in [6, 6.07) is 10.3. The number of carbonyl (C=O) groups excluding carboxylic acids is 2. The minimum Gasteiger partial charge on any atom is -0.495 e. The molecule has 1 aliphatic rings. The van der Waals surface area contributed by atoms with Gasteiger partial charge < -0.3 is 19.7 Å². The second-order valence-corrected chi connectivity index (χ2v) is 7.63. The topological polar surface area (TPSA) is 107 Å². The number of amides is 2. The van der Waals surface area contributed by atoms with Crippen molar-refractivity contribution in [2.24, 2.45) is 0 Å². The lowest BCUT2D eigenvalue weighted by Crippen LogP contribution is -2.32. The molecule has 1 saturated heterocycles. The maximum Gasteiger partial charge on any atom is 0.259 e. The van der Waals surface area contributed by atoms with Gasteiger partial charge in [0.25, 0.3) is 11.8 Å². The smallest absolute Gasteiger partial charge is 0.259 e. The number of nitrogens with zero attached hydrogens (tertiary/aromatic N) is 4. The average molecular weight is 447 g/mol. The van der Waals surface area contributed by atoms with Gasteiger partial charge in [0.1, 0.15) is 5.75 Å². The van der Waals surface area contributed by atoms with Crippen molar-refractivity contribution in [3.63, 3.8) is 0 Å². The zero-order valence-corrected chi connectivity index (χ0v) is 18.7. The Labute approximate surface area is 191 Å². The predicted molar refractivity (Wildman–Crippen MR) is 122 cm³/mol. The van der Waals surface area contributed by atoms with Crippen LogP contribution in [-0.4, -0.2) is 52.4 Å². The average Bonchev–Trinajstić information content (AvgIpc) is 3.34. The van der Waals surface area contributed by atoms with E-state index in [1.807, 2.05) is 12.1 Å². The normalized spacial score (nSPS) is 15.2. The molecular formula is C24H25N5O4. The third kappa shape index (κ3) is 4.62. The zero-order valence-electron chi connectivity index (χ0n) is 18.7. The van der Waals surface area contributed by atoms with Crippen LogP contribution in [0, 0.1) is 6.92 Å². The number of aryl methyl sites for hydroxylation is 1. The molecule has 3 aromatic rings. The van der Waals surface area contributed by atoms with Crippen molar-refractivity contribution in [2.75, 3.05) is 26.1 Å². The van der Waals surface area contributed by atoms with Gasteiger partial charge in [-0.3, -0.25) is 9.59 Å². The minimum absolute atomic E-state index is 0.133. The second kappa shape index (κ2) is 9.64. The standard InChI is InChI=1S/C24H25N5O4/c1-15-17(23(30)28-18-7-4-5-9-20(18)32-2)14-26-22(27-15)19-8-6-12-29(19)24(31)16-10-11-21(33-3)25-13-16/h4-5,7,9-11,13-14,19H,6,8,12H2,1-3H3,(H,28,30). The second-order valence-electron chi connectivity index (χ2n) is 7.63. The van der Waals surface area contributed by atoms with E-state index in [1.54, 1.807) is 43.2 Å². The van der Waals surface area contributed by atoms with Gasteiger partial charge in [0.05, 0.1) is 42.8 Å². The first-order valence-electron chi connectivity index (χ1n) is 10.6. The minimum atomic E-state index is -0.327. The molecule has 0 saturated carbocycles. The molecule has 1 N–H and O–H groups in total. The Hall–Kier alpha value is -4.01. The highest BCUT2D eigenvalue weighted by Gasteiger charge is 2.33. The Kier molecular flexibility index (Phi) is 6.48. The Balaban J connectivity index is 1.52. The number of methoxy groups -OCH3 is 2. The van der Waals surface area contributed by atoms with E-state index in [4.69, 9.17) is 9.47 Å². The molecule has 9 heteroatoms. The number of hydrogen-bond acceptors (Lipinski definition) is 7. The van der Waals surface area contributed by atoms with E-state index in [2.05, 4.69) is 20.3 Å². The quantitative estimate of drug-likeness (QED) is 0.617. The zero-order chi connectivity index (χ0) is 23.4. The Morgan fingerprint density at radius 1 is 1.06 bits per heavy atom. The Bertz CT molecular complexity index is 1170. The number of likely N-dealkylation sites (tertiary alicyclic amines) is 1. The number of para-hydroxylation sites is 2. The molecule has 1 fully saturated rings. The molecule has 1 unspecified atom stereocenters. The van der Waals surface area contributed by atoms with Gasteiger partial charge in [-0.05, 0) is 38.0 Å². The van der Waals surface area contributed by atoms with Crippen molar-refractivity contribution in [3.8, 4) is 11.6 Å². The van der Waals surface area contributed by atoms with E-state index in [1.165, 1.54) is 19.5 Å². The number of hydrogen-bond donors (Lipinski definition) is 1. The lowest BCUT2D eigenvalue weighted by Gasteiger charge is -2.24. The number of carbonyl (C=O) groups is 2. The Morgan fingerprint density at radius 2 is 1.88 bits per heavy atom. The van der Waals surface area contributed by atoms with Crippen LogP contribution in [0.1, 0.15) is 51.1 Å². The summed E-state index contributed by atoms with van der Waals surface area (Å²) in [6.07, 6.45) is 4.62. The largest absolute Gasteiger partial charge is 0.495 e. The highest BCUT2D eigenvalue weighted by atomic mass is 16.5. The number of rotatable bonds is 6. The highest BCUT2D eigenvalue weighted by Crippen LogP contribution is 2.32. The summed E-state index contributed by atoms with van der Waals surface area (Å²) in [6.45, 7) is 2.37. The van der Waals surface area contributed by atoms with Crippen molar-refractivity contribution >= 4 is 17.5 Å². The van der Waals surface area contributed by atoms with Crippen LogP contribution in [0.3, 0.4) is 0 Å². The van der Waals surface area contributed by atoms with Crippen LogP contribution in [0.15, 0.2) is 48.8 Å². The van der Waals surface area contributed by atoms with Crippen molar-refractivity contribution < 1.29 is 19.1 Å². The van der Waals surface area contributed by atoms with E-state index >= 15 is 0 Å². The summed E-state index contributed by atoms with van der Waals surface area (Å²) in [5.41, 5.74) is 1.94. The number of ether oxygens (including phenoxy) is 2. The maximum absolute atomic E-state index is 13.1. The molecule has 33 heavy (non-hydrogen) atoms. The highest BCUT2D eigenvalue weighted by molar-refractivity contribution is 6.05. The molecule has 0 spiro atoms. The van der Waals surface area contributed by atoms with Gasteiger partial charge in [-0.25, -0.2) is 15.0 Å². The number of nitrogens with one attached hydrogen (secondary N) is 1. The van der Waals surface area contributed by atoms with Gasteiger partial charge in [0.15, 0.2) is 5.82 Å². The van der Waals surface area contributed by atoms with Crippen LogP contribution in [0.4, 0.5) is 5.69 Å².